The lowest BCUT2D eigenvalue weighted by Gasteiger charge is -2.07. The number of ether oxygens (including phenoxy) is 1. The van der Waals surface area contributed by atoms with Crippen molar-refractivity contribution in [2.24, 2.45) is 0 Å². The highest BCUT2D eigenvalue weighted by Gasteiger charge is 2.08. The third-order valence-electron chi connectivity index (χ3n) is 3.33. The van der Waals surface area contributed by atoms with E-state index in [9.17, 15) is 0 Å². The minimum Gasteiger partial charge on any atom is -0.489 e. The Hall–Kier alpha value is -2.33. The molecule has 0 bridgehead atoms. The number of hydrogen-bond acceptors (Lipinski definition) is 4. The molecular weight excluding hydrogens is 312 g/mol. The minimum absolute atomic E-state index is 0.473. The van der Waals surface area contributed by atoms with Crippen LogP contribution in [-0.2, 0) is 13.0 Å². The van der Waals surface area contributed by atoms with Gasteiger partial charge in [-0.25, -0.2) is 0 Å². The summed E-state index contributed by atoms with van der Waals surface area (Å²) in [7, 11) is 0. The van der Waals surface area contributed by atoms with Crippen molar-refractivity contribution >= 4 is 11.6 Å². The van der Waals surface area contributed by atoms with Crippen molar-refractivity contribution in [1.29, 1.82) is 0 Å². The van der Waals surface area contributed by atoms with E-state index in [1.165, 1.54) is 0 Å². The second-order valence-electron chi connectivity index (χ2n) is 5.19. The number of aryl methyl sites for hydroxylation is 1. The Balaban J connectivity index is 1.64. The van der Waals surface area contributed by atoms with Gasteiger partial charge in [0, 0.05) is 17.0 Å². The maximum absolute atomic E-state index is 5.96. The molecule has 1 aromatic heterocycles. The molecule has 0 saturated carbocycles. The van der Waals surface area contributed by atoms with Crippen molar-refractivity contribution in [3.05, 3.63) is 65.0 Å². The van der Waals surface area contributed by atoms with Gasteiger partial charge in [-0.05, 0) is 48.4 Å². The summed E-state index contributed by atoms with van der Waals surface area (Å²) in [4.78, 5) is 0. The second-order valence-corrected chi connectivity index (χ2v) is 5.63. The van der Waals surface area contributed by atoms with Crippen LogP contribution in [0.4, 0.5) is 0 Å². The molecule has 3 aromatic rings. The van der Waals surface area contributed by atoms with Gasteiger partial charge in [0.15, 0.2) is 0 Å². The molecule has 5 heteroatoms. The van der Waals surface area contributed by atoms with Crippen LogP contribution in [-0.4, -0.2) is 10.2 Å². The highest BCUT2D eigenvalue weighted by atomic mass is 35.5. The van der Waals surface area contributed by atoms with Crippen molar-refractivity contribution in [3.8, 4) is 17.2 Å². The first kappa shape index (κ1) is 15.6. The van der Waals surface area contributed by atoms with Gasteiger partial charge in [-0.3, -0.25) is 0 Å². The summed E-state index contributed by atoms with van der Waals surface area (Å²) in [6.45, 7) is 2.55. The molecule has 3 rings (SSSR count). The van der Waals surface area contributed by atoms with E-state index < -0.39 is 0 Å². The summed E-state index contributed by atoms with van der Waals surface area (Å²) in [6.07, 6.45) is 1.78. The van der Waals surface area contributed by atoms with Crippen LogP contribution >= 0.6 is 11.6 Å². The molecule has 0 N–H and O–H groups in total. The van der Waals surface area contributed by atoms with Gasteiger partial charge >= 0.3 is 0 Å². The summed E-state index contributed by atoms with van der Waals surface area (Å²) < 4.78 is 11.4. The van der Waals surface area contributed by atoms with Crippen LogP contribution < -0.4 is 4.74 Å². The maximum atomic E-state index is 5.96. The van der Waals surface area contributed by atoms with E-state index in [2.05, 4.69) is 17.1 Å². The Morgan fingerprint density at radius 2 is 1.91 bits per heavy atom. The Morgan fingerprint density at radius 1 is 1.09 bits per heavy atom. The van der Waals surface area contributed by atoms with Gasteiger partial charge in [0.05, 0.1) is 0 Å². The Labute approximate surface area is 140 Å². The molecule has 0 spiro atoms. The monoisotopic (exact) mass is 328 g/mol. The Bertz CT molecular complexity index is 769. The Morgan fingerprint density at radius 3 is 2.65 bits per heavy atom. The average molecular weight is 329 g/mol. The number of rotatable bonds is 6. The van der Waals surface area contributed by atoms with Gasteiger partial charge in [0.25, 0.3) is 0 Å². The fourth-order valence-electron chi connectivity index (χ4n) is 2.17. The van der Waals surface area contributed by atoms with Crippen molar-refractivity contribution < 1.29 is 9.15 Å². The van der Waals surface area contributed by atoms with Crippen molar-refractivity contribution in [2.45, 2.75) is 26.4 Å². The van der Waals surface area contributed by atoms with Crippen LogP contribution in [0.1, 0.15) is 24.8 Å². The first-order valence-electron chi connectivity index (χ1n) is 7.54. The van der Waals surface area contributed by atoms with Crippen molar-refractivity contribution in [3.63, 3.8) is 0 Å². The topological polar surface area (TPSA) is 48.2 Å². The van der Waals surface area contributed by atoms with E-state index in [4.69, 9.17) is 20.8 Å². The van der Waals surface area contributed by atoms with Gasteiger partial charge in [0.1, 0.15) is 12.4 Å². The summed E-state index contributed by atoms with van der Waals surface area (Å²) in [6, 6.07) is 15.2. The molecule has 23 heavy (non-hydrogen) atoms. The van der Waals surface area contributed by atoms with E-state index in [1.54, 1.807) is 0 Å². The van der Waals surface area contributed by atoms with Crippen molar-refractivity contribution in [2.75, 3.05) is 0 Å². The van der Waals surface area contributed by atoms with E-state index >= 15 is 0 Å². The number of benzene rings is 2. The molecule has 0 atom stereocenters. The van der Waals surface area contributed by atoms with E-state index in [1.807, 2.05) is 48.5 Å². The number of halogens is 1. The average Bonchev–Trinajstić information content (AvgIpc) is 3.03. The molecule has 0 aliphatic carbocycles. The van der Waals surface area contributed by atoms with E-state index in [0.717, 1.165) is 29.7 Å². The highest BCUT2D eigenvalue weighted by molar-refractivity contribution is 6.30. The fraction of sp³-hybridized carbons (Fsp3) is 0.222. The van der Waals surface area contributed by atoms with Crippen LogP contribution in [0.25, 0.3) is 11.5 Å². The maximum Gasteiger partial charge on any atom is 0.247 e. The third kappa shape index (κ3) is 4.11. The van der Waals surface area contributed by atoms with Crippen LogP contribution in [0.5, 0.6) is 5.75 Å². The molecule has 1 heterocycles. The number of nitrogens with zero attached hydrogens (tertiary/aromatic N) is 2. The fourth-order valence-corrected chi connectivity index (χ4v) is 2.39. The molecule has 118 valence electrons. The Kier molecular flexibility index (Phi) is 4.93. The normalized spacial score (nSPS) is 10.7. The molecule has 0 amide bonds. The first-order chi connectivity index (χ1) is 11.2. The summed E-state index contributed by atoms with van der Waals surface area (Å²) in [5, 5.41) is 8.80. The molecule has 4 nitrogen and oxygen atoms in total. The zero-order valence-corrected chi connectivity index (χ0v) is 13.6. The van der Waals surface area contributed by atoms with Gasteiger partial charge in [-0.1, -0.05) is 30.7 Å². The molecule has 2 aromatic carbocycles. The smallest absolute Gasteiger partial charge is 0.247 e. The van der Waals surface area contributed by atoms with Crippen LogP contribution in [0.2, 0.25) is 5.02 Å². The predicted octanol–water partition coefficient (Wildman–Crippen LogP) is 4.92. The lowest BCUT2D eigenvalue weighted by atomic mass is 10.2. The summed E-state index contributed by atoms with van der Waals surface area (Å²) >= 11 is 5.96. The second kappa shape index (κ2) is 7.29. The number of hydrogen-bond donors (Lipinski definition) is 0. The predicted molar refractivity (Wildman–Crippen MR) is 89.5 cm³/mol. The standard InChI is InChI=1S/C18H17ClN2O2/c1-2-4-17-20-21-18(23-17)14-7-9-16(10-8-14)22-12-13-5-3-6-15(19)11-13/h3,5-11H,2,4,12H2,1H3. The van der Waals surface area contributed by atoms with Crippen LogP contribution in [0, 0.1) is 0 Å². The lowest BCUT2D eigenvalue weighted by molar-refractivity contribution is 0.306. The quantitative estimate of drug-likeness (QED) is 0.644. The van der Waals surface area contributed by atoms with Gasteiger partial charge < -0.3 is 9.15 Å². The molecule has 0 radical (unpaired) electrons. The van der Waals surface area contributed by atoms with Gasteiger partial charge in [-0.2, -0.15) is 0 Å². The van der Waals surface area contributed by atoms with E-state index in [0.29, 0.717) is 23.4 Å². The lowest BCUT2D eigenvalue weighted by Crippen LogP contribution is -1.95. The molecule has 0 fully saturated rings. The van der Waals surface area contributed by atoms with E-state index in [-0.39, 0.29) is 0 Å². The van der Waals surface area contributed by atoms with Crippen LogP contribution in [0.15, 0.2) is 52.9 Å². The van der Waals surface area contributed by atoms with Crippen molar-refractivity contribution in [1.82, 2.24) is 10.2 Å². The summed E-state index contributed by atoms with van der Waals surface area (Å²) in [5.41, 5.74) is 1.91. The zero-order valence-electron chi connectivity index (χ0n) is 12.8. The molecular formula is C18H17ClN2O2. The number of aromatic nitrogens is 2. The molecule has 0 unspecified atom stereocenters. The van der Waals surface area contributed by atoms with Crippen LogP contribution in [0.3, 0.4) is 0 Å². The minimum atomic E-state index is 0.473. The zero-order chi connectivity index (χ0) is 16.1. The summed E-state index contributed by atoms with van der Waals surface area (Å²) in [5.74, 6) is 1.99. The highest BCUT2D eigenvalue weighted by Crippen LogP contribution is 2.22. The molecule has 0 saturated heterocycles. The third-order valence-corrected chi connectivity index (χ3v) is 3.56. The molecule has 0 aliphatic rings. The molecule has 0 aliphatic heterocycles. The first-order valence-corrected chi connectivity index (χ1v) is 7.92. The van der Waals surface area contributed by atoms with Gasteiger partial charge in [0.2, 0.25) is 11.8 Å². The largest absolute Gasteiger partial charge is 0.489 e. The van der Waals surface area contributed by atoms with Gasteiger partial charge in [-0.15, -0.1) is 10.2 Å². The SMILES string of the molecule is CCCc1nnc(-c2ccc(OCc3cccc(Cl)c3)cc2)o1.